The van der Waals surface area contributed by atoms with Crippen molar-refractivity contribution in [2.75, 3.05) is 0 Å². The zero-order valence-corrected chi connectivity index (χ0v) is 22.4. The normalized spacial score (nSPS) is 11.3. The molecule has 4 aromatic rings. The van der Waals surface area contributed by atoms with E-state index in [4.69, 9.17) is 16.6 Å². The third-order valence-corrected chi connectivity index (χ3v) is 7.03. The second-order valence-corrected chi connectivity index (χ2v) is 10.2. The van der Waals surface area contributed by atoms with Crippen molar-refractivity contribution in [3.8, 4) is 0 Å². The molecular weight excluding hydrogens is 445 g/mol. The van der Waals surface area contributed by atoms with Gasteiger partial charge in [-0.3, -0.25) is 4.99 Å². The quantitative estimate of drug-likeness (QED) is 0.227. The molecule has 0 radical (unpaired) electrons. The van der Waals surface area contributed by atoms with Gasteiger partial charge in [-0.1, -0.05) is 122 Å². The first-order chi connectivity index (χ1) is 16.7. The molecule has 4 rings (SSSR count). The summed E-state index contributed by atoms with van der Waals surface area (Å²) in [6.07, 6.45) is 2.04. The number of aryl methyl sites for hydroxylation is 6. The van der Waals surface area contributed by atoms with E-state index >= 15 is 0 Å². The van der Waals surface area contributed by atoms with Crippen molar-refractivity contribution in [3.63, 3.8) is 0 Å². The molecule has 0 amide bonds. The predicted octanol–water partition coefficient (Wildman–Crippen LogP) is 6.33. The number of benzene rings is 4. The molecule has 4 aromatic carbocycles. The molecule has 0 saturated heterocycles. The Labute approximate surface area is 216 Å². The van der Waals surface area contributed by atoms with Crippen LogP contribution in [0.1, 0.15) is 44.5 Å². The summed E-state index contributed by atoms with van der Waals surface area (Å²) in [5.74, 6) is 0. The molecule has 0 atom stereocenters. The van der Waals surface area contributed by atoms with E-state index in [1.165, 1.54) is 49.8 Å². The average molecular weight is 478 g/mol. The van der Waals surface area contributed by atoms with Gasteiger partial charge in [-0.15, -0.1) is 0 Å². The van der Waals surface area contributed by atoms with Crippen molar-refractivity contribution in [1.82, 2.24) is 0 Å². The van der Waals surface area contributed by atoms with Crippen molar-refractivity contribution in [3.05, 3.63) is 122 Å². The van der Waals surface area contributed by atoms with Crippen LogP contribution in [-0.2, 0) is 6.54 Å². The van der Waals surface area contributed by atoms with Crippen LogP contribution >= 0.6 is 11.6 Å². The summed E-state index contributed by atoms with van der Waals surface area (Å²) in [6, 6.07) is 25.9. The minimum atomic E-state index is 0.134. The summed E-state index contributed by atoms with van der Waals surface area (Å²) in [6.45, 7) is 14.1. The van der Waals surface area contributed by atoms with E-state index in [2.05, 4.69) is 90.1 Å². The maximum atomic E-state index is 6.05. The van der Waals surface area contributed by atoms with Gasteiger partial charge in [-0.05, 0) is 64.8 Å². The largest absolute Gasteiger partial charge is 0.288 e. The Balaban J connectivity index is 1.87. The molecule has 0 heterocycles. The lowest BCUT2D eigenvalue weighted by molar-refractivity contribution is 1.08. The fourth-order valence-corrected chi connectivity index (χ4v) is 5.60. The molecule has 0 unspecified atom stereocenters. The fourth-order valence-electron chi connectivity index (χ4n) is 5.48. The van der Waals surface area contributed by atoms with Gasteiger partial charge in [0.1, 0.15) is 0 Å². The van der Waals surface area contributed by atoms with E-state index in [1.807, 2.05) is 30.5 Å². The van der Waals surface area contributed by atoms with Crippen LogP contribution < -0.4 is 16.4 Å². The summed E-state index contributed by atoms with van der Waals surface area (Å²) in [7, 11) is 0. The number of aliphatic imine (C=N–C) groups is 1. The number of hydrogen-bond acceptors (Lipinski definition) is 1. The smallest absolute Gasteiger partial charge is 0.243 e. The Morgan fingerprint density at radius 3 is 1.69 bits per heavy atom. The number of rotatable bonds is 6. The maximum absolute atomic E-state index is 6.05. The number of halogens is 1. The SMILES string of the molecule is Cc1cc(C)c(B(c2ccccc2C=NCc2ccc(Cl)cc2)c2c(C)cc(C)cc2C)c(C)c1. The summed E-state index contributed by atoms with van der Waals surface area (Å²) >= 11 is 6.05. The lowest BCUT2D eigenvalue weighted by Gasteiger charge is -2.25. The molecular formula is C32H33BClN. The minimum absolute atomic E-state index is 0.134. The third kappa shape index (κ3) is 5.60. The lowest BCUT2D eigenvalue weighted by Crippen LogP contribution is -2.56. The van der Waals surface area contributed by atoms with Crippen LogP contribution in [0.2, 0.25) is 5.02 Å². The van der Waals surface area contributed by atoms with Crippen LogP contribution in [0, 0.1) is 41.5 Å². The molecule has 0 bridgehead atoms. The van der Waals surface area contributed by atoms with Gasteiger partial charge < -0.3 is 0 Å². The summed E-state index contributed by atoms with van der Waals surface area (Å²) in [5, 5.41) is 0.749. The zero-order valence-electron chi connectivity index (χ0n) is 21.6. The van der Waals surface area contributed by atoms with E-state index < -0.39 is 0 Å². The third-order valence-electron chi connectivity index (χ3n) is 6.78. The topological polar surface area (TPSA) is 12.4 Å². The highest BCUT2D eigenvalue weighted by molar-refractivity contribution is 6.97. The molecule has 0 fully saturated rings. The molecule has 1 nitrogen and oxygen atoms in total. The maximum Gasteiger partial charge on any atom is 0.243 e. The van der Waals surface area contributed by atoms with Crippen molar-refractivity contribution in [2.24, 2.45) is 4.99 Å². The van der Waals surface area contributed by atoms with E-state index in [0.717, 1.165) is 16.1 Å². The zero-order chi connectivity index (χ0) is 25.1. The van der Waals surface area contributed by atoms with Gasteiger partial charge in [0.05, 0.1) is 6.54 Å². The van der Waals surface area contributed by atoms with E-state index in [0.29, 0.717) is 6.54 Å². The number of hydrogen-bond donors (Lipinski definition) is 0. The molecule has 0 aliphatic rings. The van der Waals surface area contributed by atoms with Crippen molar-refractivity contribution >= 4 is 40.9 Å². The first-order valence-electron chi connectivity index (χ1n) is 12.2. The highest BCUT2D eigenvalue weighted by Crippen LogP contribution is 2.14. The molecule has 0 N–H and O–H groups in total. The van der Waals surface area contributed by atoms with Gasteiger partial charge in [-0.25, -0.2) is 0 Å². The number of nitrogens with zero attached hydrogens (tertiary/aromatic N) is 1. The summed E-state index contributed by atoms with van der Waals surface area (Å²) in [4.78, 5) is 4.82. The summed E-state index contributed by atoms with van der Waals surface area (Å²) < 4.78 is 0. The second-order valence-electron chi connectivity index (χ2n) is 9.78. The van der Waals surface area contributed by atoms with Gasteiger partial charge in [-0.2, -0.15) is 0 Å². The van der Waals surface area contributed by atoms with Gasteiger partial charge in [0, 0.05) is 11.2 Å². The Hall–Kier alpha value is -3.10. The molecule has 176 valence electrons. The van der Waals surface area contributed by atoms with Crippen LogP contribution in [0.3, 0.4) is 0 Å². The van der Waals surface area contributed by atoms with Crippen LogP contribution in [-0.4, -0.2) is 12.9 Å². The van der Waals surface area contributed by atoms with Crippen molar-refractivity contribution < 1.29 is 0 Å². The van der Waals surface area contributed by atoms with E-state index in [-0.39, 0.29) is 6.71 Å². The standard InChI is InChI=1S/C32H33BClN/c1-21-15-23(3)31(24(4)16-21)33(32-25(5)17-22(2)18-26(32)6)30-10-8-7-9-28(30)20-35-19-27-11-13-29(34)14-12-27/h7-18,20H,19H2,1-6H3. The first-order valence-corrected chi connectivity index (χ1v) is 12.6. The molecule has 0 saturated carbocycles. The molecule has 35 heavy (non-hydrogen) atoms. The van der Waals surface area contributed by atoms with Crippen molar-refractivity contribution in [2.45, 2.75) is 48.1 Å². The second kappa shape index (κ2) is 10.7. The highest BCUT2D eigenvalue weighted by Gasteiger charge is 2.29. The average Bonchev–Trinajstić information content (AvgIpc) is 2.78. The Bertz CT molecular complexity index is 1280. The monoisotopic (exact) mass is 477 g/mol. The van der Waals surface area contributed by atoms with Crippen LogP contribution in [0.5, 0.6) is 0 Å². The Morgan fingerprint density at radius 2 is 1.17 bits per heavy atom. The van der Waals surface area contributed by atoms with Crippen LogP contribution in [0.15, 0.2) is 77.8 Å². The molecule has 3 heteroatoms. The fraction of sp³-hybridized carbons (Fsp3) is 0.219. The minimum Gasteiger partial charge on any atom is -0.288 e. The van der Waals surface area contributed by atoms with Crippen LogP contribution in [0.25, 0.3) is 0 Å². The molecule has 0 aromatic heterocycles. The molecule has 0 aliphatic heterocycles. The van der Waals surface area contributed by atoms with E-state index in [9.17, 15) is 0 Å². The predicted molar refractivity (Wildman–Crippen MR) is 155 cm³/mol. The van der Waals surface area contributed by atoms with Gasteiger partial charge in [0.2, 0.25) is 6.71 Å². The first kappa shape index (κ1) is 25.0. The molecule has 0 spiro atoms. The van der Waals surface area contributed by atoms with Gasteiger partial charge in [0.15, 0.2) is 0 Å². The van der Waals surface area contributed by atoms with Gasteiger partial charge >= 0.3 is 0 Å². The molecule has 0 aliphatic carbocycles. The lowest BCUT2D eigenvalue weighted by atomic mass is 9.33. The van der Waals surface area contributed by atoms with Crippen LogP contribution in [0.4, 0.5) is 0 Å². The summed E-state index contributed by atoms with van der Waals surface area (Å²) in [5.41, 5.74) is 14.3. The van der Waals surface area contributed by atoms with Crippen molar-refractivity contribution in [1.29, 1.82) is 0 Å². The Kier molecular flexibility index (Phi) is 7.62. The Morgan fingerprint density at radius 1 is 0.686 bits per heavy atom. The van der Waals surface area contributed by atoms with Gasteiger partial charge in [0.25, 0.3) is 0 Å². The van der Waals surface area contributed by atoms with E-state index in [1.54, 1.807) is 0 Å². The highest BCUT2D eigenvalue weighted by atomic mass is 35.5.